The Labute approximate surface area is 77.4 Å². The molecule has 1 aromatic heterocycles. The first kappa shape index (κ1) is 8.07. The molecular weight excluding hydrogens is 264 g/mol. The lowest BCUT2D eigenvalue weighted by molar-refractivity contribution is 0.467. The third kappa shape index (κ3) is 1.52. The minimum atomic E-state index is 0.135. The largest absolute Gasteiger partial charge is 0.505 e. The molecule has 54 valence electrons. The van der Waals surface area contributed by atoms with E-state index < -0.39 is 0 Å². The second-order valence-corrected chi connectivity index (χ2v) is 3.29. The Balaban J connectivity index is 3.28. The van der Waals surface area contributed by atoms with E-state index >= 15 is 0 Å². The zero-order valence-electron chi connectivity index (χ0n) is 5.23. The van der Waals surface area contributed by atoms with Gasteiger partial charge in [-0.2, -0.15) is 0 Å². The highest BCUT2D eigenvalue weighted by molar-refractivity contribution is 14.1. The van der Waals surface area contributed by atoms with Crippen molar-refractivity contribution in [1.82, 2.24) is 4.98 Å². The van der Waals surface area contributed by atoms with Gasteiger partial charge in [0.05, 0.1) is 10.7 Å². The van der Waals surface area contributed by atoms with Gasteiger partial charge in [-0.15, -0.1) is 0 Å². The quantitative estimate of drug-likeness (QED) is 0.579. The van der Waals surface area contributed by atoms with Gasteiger partial charge in [-0.3, -0.25) is 0 Å². The van der Waals surface area contributed by atoms with Crippen LogP contribution in [-0.4, -0.2) is 10.1 Å². The first-order valence-corrected chi connectivity index (χ1v) is 4.08. The molecule has 0 atom stereocenters. The summed E-state index contributed by atoms with van der Waals surface area (Å²) >= 11 is 7.61. The monoisotopic (exact) mass is 269 g/mol. The smallest absolute Gasteiger partial charge is 0.148 e. The van der Waals surface area contributed by atoms with Crippen LogP contribution in [0.15, 0.2) is 6.07 Å². The van der Waals surface area contributed by atoms with Gasteiger partial charge in [-0.1, -0.05) is 11.6 Å². The van der Waals surface area contributed by atoms with E-state index in [1.165, 1.54) is 6.07 Å². The Bertz CT molecular complexity index is 214. The predicted molar refractivity (Wildman–Crippen MR) is 48.4 cm³/mol. The molecule has 0 aliphatic rings. The molecule has 0 fully saturated rings. The molecule has 0 spiro atoms. The Morgan fingerprint density at radius 1 is 1.70 bits per heavy atom. The van der Waals surface area contributed by atoms with E-state index in [1.54, 1.807) is 6.92 Å². The maximum atomic E-state index is 9.07. The molecule has 0 aliphatic carbocycles. The third-order valence-corrected chi connectivity index (χ3v) is 2.26. The van der Waals surface area contributed by atoms with Crippen LogP contribution >= 0.6 is 34.2 Å². The second kappa shape index (κ2) is 2.92. The van der Waals surface area contributed by atoms with Crippen molar-refractivity contribution in [3.63, 3.8) is 0 Å². The topological polar surface area (TPSA) is 33.1 Å². The van der Waals surface area contributed by atoms with E-state index in [-0.39, 0.29) is 5.75 Å². The number of pyridine rings is 1. The van der Waals surface area contributed by atoms with Crippen molar-refractivity contribution in [3.8, 4) is 5.75 Å². The molecule has 10 heavy (non-hydrogen) atoms. The number of aromatic hydroxyl groups is 1. The summed E-state index contributed by atoms with van der Waals surface area (Å²) < 4.78 is 0.583. The van der Waals surface area contributed by atoms with Crippen molar-refractivity contribution in [2.75, 3.05) is 0 Å². The summed E-state index contributed by atoms with van der Waals surface area (Å²) in [6.45, 7) is 1.80. The Morgan fingerprint density at radius 3 is 2.80 bits per heavy atom. The summed E-state index contributed by atoms with van der Waals surface area (Å²) in [6, 6.07) is 1.49. The number of halogens is 2. The second-order valence-electron chi connectivity index (χ2n) is 1.87. The maximum absolute atomic E-state index is 9.07. The average molecular weight is 269 g/mol. The highest BCUT2D eigenvalue weighted by Crippen LogP contribution is 2.23. The fourth-order valence-electron chi connectivity index (χ4n) is 0.542. The first-order chi connectivity index (χ1) is 4.61. The normalized spacial score (nSPS) is 9.90. The van der Waals surface area contributed by atoms with Crippen LogP contribution in [0.3, 0.4) is 0 Å². The average Bonchev–Trinajstić information content (AvgIpc) is 1.84. The molecule has 0 unspecified atom stereocenters. The van der Waals surface area contributed by atoms with Crippen LogP contribution < -0.4 is 0 Å². The fraction of sp³-hybridized carbons (Fsp3) is 0.167. The van der Waals surface area contributed by atoms with E-state index in [0.29, 0.717) is 8.72 Å². The molecule has 0 aliphatic heterocycles. The molecule has 0 bridgehead atoms. The van der Waals surface area contributed by atoms with Crippen molar-refractivity contribution in [1.29, 1.82) is 0 Å². The zero-order valence-corrected chi connectivity index (χ0v) is 8.14. The molecule has 1 heterocycles. The van der Waals surface area contributed by atoms with Crippen LogP contribution in [0.5, 0.6) is 5.75 Å². The van der Waals surface area contributed by atoms with Gasteiger partial charge in [0.2, 0.25) is 0 Å². The number of hydrogen-bond donors (Lipinski definition) is 1. The van der Waals surface area contributed by atoms with Crippen LogP contribution in [0.4, 0.5) is 0 Å². The summed E-state index contributed by atoms with van der Waals surface area (Å²) in [7, 11) is 0. The number of aryl methyl sites for hydroxylation is 1. The number of aromatic nitrogens is 1. The highest BCUT2D eigenvalue weighted by Gasteiger charge is 2.02. The van der Waals surface area contributed by atoms with Crippen LogP contribution in [0.2, 0.25) is 5.02 Å². The van der Waals surface area contributed by atoms with Gasteiger partial charge >= 0.3 is 0 Å². The maximum Gasteiger partial charge on any atom is 0.148 e. The van der Waals surface area contributed by atoms with Crippen LogP contribution in [0, 0.1) is 10.6 Å². The van der Waals surface area contributed by atoms with Crippen LogP contribution in [0.1, 0.15) is 5.69 Å². The summed E-state index contributed by atoms with van der Waals surface area (Å²) in [5.74, 6) is 0.135. The lowest BCUT2D eigenvalue weighted by Crippen LogP contribution is -1.86. The summed E-state index contributed by atoms with van der Waals surface area (Å²) in [4.78, 5) is 3.98. The number of nitrogens with zero attached hydrogens (tertiary/aromatic N) is 1. The Hall–Kier alpha value is -0.0300. The molecule has 0 amide bonds. The molecule has 1 aromatic rings. The van der Waals surface area contributed by atoms with Crippen molar-refractivity contribution >= 4 is 34.2 Å². The van der Waals surface area contributed by atoms with Gasteiger partial charge < -0.3 is 5.11 Å². The molecule has 4 heteroatoms. The lowest BCUT2D eigenvalue weighted by atomic mass is 10.4. The predicted octanol–water partition coefficient (Wildman–Crippen LogP) is 2.35. The number of rotatable bonds is 0. The van der Waals surface area contributed by atoms with Gasteiger partial charge in [-0.05, 0) is 29.5 Å². The standard InChI is InChI=1S/C6H5ClINO/c1-3-4(7)2-5(10)6(8)9-3/h2,10H,1H3. The minimum Gasteiger partial charge on any atom is -0.505 e. The lowest BCUT2D eigenvalue weighted by Gasteiger charge is -1.98. The minimum absolute atomic E-state index is 0.135. The number of hydrogen-bond acceptors (Lipinski definition) is 2. The van der Waals surface area contributed by atoms with Crippen molar-refractivity contribution in [3.05, 3.63) is 20.5 Å². The molecular formula is C6H5ClINO. The fourth-order valence-corrected chi connectivity index (χ4v) is 1.21. The van der Waals surface area contributed by atoms with Crippen LogP contribution in [-0.2, 0) is 0 Å². The third-order valence-electron chi connectivity index (χ3n) is 1.09. The summed E-state index contributed by atoms with van der Waals surface area (Å²) in [6.07, 6.45) is 0. The van der Waals surface area contributed by atoms with Gasteiger partial charge in [0.1, 0.15) is 9.45 Å². The van der Waals surface area contributed by atoms with E-state index in [0.717, 1.165) is 5.69 Å². The van der Waals surface area contributed by atoms with Gasteiger partial charge in [0.15, 0.2) is 0 Å². The molecule has 0 saturated carbocycles. The highest BCUT2D eigenvalue weighted by atomic mass is 127. The molecule has 0 aromatic carbocycles. The molecule has 2 nitrogen and oxygen atoms in total. The van der Waals surface area contributed by atoms with Crippen molar-refractivity contribution < 1.29 is 5.11 Å². The van der Waals surface area contributed by atoms with E-state index in [2.05, 4.69) is 4.98 Å². The van der Waals surface area contributed by atoms with Crippen LogP contribution in [0.25, 0.3) is 0 Å². The van der Waals surface area contributed by atoms with Gasteiger partial charge in [0, 0.05) is 6.07 Å². The van der Waals surface area contributed by atoms with Gasteiger partial charge in [-0.25, -0.2) is 4.98 Å². The van der Waals surface area contributed by atoms with E-state index in [4.69, 9.17) is 16.7 Å². The van der Waals surface area contributed by atoms with Crippen molar-refractivity contribution in [2.24, 2.45) is 0 Å². The summed E-state index contributed by atoms with van der Waals surface area (Å²) in [5.41, 5.74) is 0.740. The zero-order chi connectivity index (χ0) is 7.72. The first-order valence-electron chi connectivity index (χ1n) is 2.63. The summed E-state index contributed by atoms with van der Waals surface area (Å²) in [5, 5.41) is 9.57. The molecule has 1 N–H and O–H groups in total. The van der Waals surface area contributed by atoms with E-state index in [9.17, 15) is 0 Å². The Kier molecular flexibility index (Phi) is 2.36. The SMILES string of the molecule is Cc1nc(I)c(O)cc1Cl. The van der Waals surface area contributed by atoms with E-state index in [1.807, 2.05) is 22.6 Å². The van der Waals surface area contributed by atoms with Gasteiger partial charge in [0.25, 0.3) is 0 Å². The molecule has 0 radical (unpaired) electrons. The molecule has 0 saturated heterocycles. The van der Waals surface area contributed by atoms with Crippen molar-refractivity contribution in [2.45, 2.75) is 6.92 Å². The molecule has 1 rings (SSSR count). The Morgan fingerprint density at radius 2 is 2.30 bits per heavy atom.